The Morgan fingerprint density at radius 3 is 2.82 bits per heavy atom. The Labute approximate surface area is 168 Å². The number of aryl methyl sites for hydroxylation is 1. The van der Waals surface area contributed by atoms with Crippen LogP contribution in [0.1, 0.15) is 42.1 Å². The maximum atomic E-state index is 10.6. The van der Waals surface area contributed by atoms with E-state index in [-0.39, 0.29) is 0 Å². The van der Waals surface area contributed by atoms with Crippen LogP contribution in [0.4, 0.5) is 5.13 Å². The molecule has 1 aliphatic rings. The molecule has 4 heterocycles. The van der Waals surface area contributed by atoms with Gasteiger partial charge in [-0.1, -0.05) is 13.0 Å². The van der Waals surface area contributed by atoms with E-state index in [2.05, 4.69) is 17.2 Å². The number of aliphatic hydroxyl groups is 1. The zero-order valence-corrected chi connectivity index (χ0v) is 16.7. The summed E-state index contributed by atoms with van der Waals surface area (Å²) >= 11 is 1.58. The predicted octanol–water partition coefficient (Wildman–Crippen LogP) is 4.43. The second-order valence-electron chi connectivity index (χ2n) is 7.01. The first-order valence-corrected chi connectivity index (χ1v) is 10.6. The Morgan fingerprint density at radius 2 is 2.14 bits per heavy atom. The molecule has 0 bridgehead atoms. The average molecular weight is 400 g/mol. The lowest BCUT2D eigenvalue weighted by Crippen LogP contribution is -2.17. The SMILES string of the molecule is CCc1ccc(C(O)Nc2nc(-c3ccco3)c(CC3CCOCC3)s2)cn1. The molecule has 28 heavy (non-hydrogen) atoms. The Hall–Kier alpha value is -2.22. The first-order chi connectivity index (χ1) is 13.7. The molecule has 0 spiro atoms. The van der Waals surface area contributed by atoms with Crippen molar-refractivity contribution in [2.24, 2.45) is 5.92 Å². The highest BCUT2D eigenvalue weighted by Crippen LogP contribution is 2.36. The van der Waals surface area contributed by atoms with Gasteiger partial charge in [0.1, 0.15) is 5.69 Å². The first kappa shape index (κ1) is 19.1. The average Bonchev–Trinajstić information content (AvgIpc) is 3.39. The maximum absolute atomic E-state index is 10.6. The van der Waals surface area contributed by atoms with Crippen LogP contribution in [-0.4, -0.2) is 28.3 Å². The number of hydrogen-bond acceptors (Lipinski definition) is 7. The van der Waals surface area contributed by atoms with Crippen molar-refractivity contribution in [3.63, 3.8) is 0 Å². The van der Waals surface area contributed by atoms with Gasteiger partial charge in [0.05, 0.1) is 6.26 Å². The van der Waals surface area contributed by atoms with E-state index < -0.39 is 6.23 Å². The number of hydrogen-bond donors (Lipinski definition) is 2. The lowest BCUT2D eigenvalue weighted by atomic mass is 9.95. The molecule has 6 nitrogen and oxygen atoms in total. The summed E-state index contributed by atoms with van der Waals surface area (Å²) in [6, 6.07) is 7.63. The van der Waals surface area contributed by atoms with E-state index in [1.165, 1.54) is 4.88 Å². The molecule has 1 unspecified atom stereocenters. The van der Waals surface area contributed by atoms with Crippen molar-refractivity contribution < 1.29 is 14.3 Å². The van der Waals surface area contributed by atoms with Crippen LogP contribution in [0.2, 0.25) is 0 Å². The summed E-state index contributed by atoms with van der Waals surface area (Å²) in [5.41, 5.74) is 2.58. The normalized spacial score (nSPS) is 16.2. The summed E-state index contributed by atoms with van der Waals surface area (Å²) in [7, 11) is 0. The van der Waals surface area contributed by atoms with Crippen molar-refractivity contribution in [3.8, 4) is 11.5 Å². The van der Waals surface area contributed by atoms with E-state index >= 15 is 0 Å². The van der Waals surface area contributed by atoms with Crippen molar-refractivity contribution in [2.45, 2.75) is 38.8 Å². The molecule has 3 aromatic heterocycles. The minimum atomic E-state index is -0.857. The van der Waals surface area contributed by atoms with E-state index in [9.17, 15) is 5.11 Å². The summed E-state index contributed by atoms with van der Waals surface area (Å²) < 4.78 is 11.1. The summed E-state index contributed by atoms with van der Waals surface area (Å²) in [6.07, 6.45) is 6.47. The van der Waals surface area contributed by atoms with E-state index in [4.69, 9.17) is 14.1 Å². The second-order valence-corrected chi connectivity index (χ2v) is 8.09. The summed E-state index contributed by atoms with van der Waals surface area (Å²) in [5, 5.41) is 14.4. The predicted molar refractivity (Wildman–Crippen MR) is 109 cm³/mol. The third-order valence-electron chi connectivity index (χ3n) is 5.05. The molecule has 7 heteroatoms. The molecule has 0 amide bonds. The van der Waals surface area contributed by atoms with Crippen LogP contribution in [0.15, 0.2) is 41.1 Å². The lowest BCUT2D eigenvalue weighted by Gasteiger charge is -2.21. The van der Waals surface area contributed by atoms with Gasteiger partial charge in [-0.3, -0.25) is 4.98 Å². The molecule has 0 radical (unpaired) electrons. The minimum absolute atomic E-state index is 0.589. The van der Waals surface area contributed by atoms with Gasteiger partial charge < -0.3 is 19.6 Å². The molecule has 0 aliphatic carbocycles. The van der Waals surface area contributed by atoms with Gasteiger partial charge in [0.25, 0.3) is 0 Å². The number of ether oxygens (including phenoxy) is 1. The van der Waals surface area contributed by atoms with Gasteiger partial charge in [-0.15, -0.1) is 11.3 Å². The number of aromatic nitrogens is 2. The topological polar surface area (TPSA) is 80.4 Å². The molecule has 1 saturated heterocycles. The van der Waals surface area contributed by atoms with E-state index in [1.54, 1.807) is 23.8 Å². The zero-order chi connectivity index (χ0) is 19.3. The smallest absolute Gasteiger partial charge is 0.185 e. The van der Waals surface area contributed by atoms with Crippen molar-refractivity contribution >= 4 is 16.5 Å². The van der Waals surface area contributed by atoms with Crippen molar-refractivity contribution in [1.82, 2.24) is 9.97 Å². The van der Waals surface area contributed by atoms with Crippen molar-refractivity contribution in [1.29, 1.82) is 0 Å². The highest BCUT2D eigenvalue weighted by atomic mass is 32.1. The Bertz CT molecular complexity index is 871. The van der Waals surface area contributed by atoms with Gasteiger partial charge in [0.2, 0.25) is 0 Å². The first-order valence-electron chi connectivity index (χ1n) is 9.73. The minimum Gasteiger partial charge on any atom is -0.463 e. The Kier molecular flexibility index (Phi) is 6.04. The van der Waals surface area contributed by atoms with Gasteiger partial charge in [-0.05, 0) is 49.8 Å². The highest BCUT2D eigenvalue weighted by molar-refractivity contribution is 7.16. The fourth-order valence-corrected chi connectivity index (χ4v) is 4.48. The third-order valence-corrected chi connectivity index (χ3v) is 6.06. The maximum Gasteiger partial charge on any atom is 0.185 e. The van der Waals surface area contributed by atoms with Crippen LogP contribution < -0.4 is 5.32 Å². The number of rotatable bonds is 7. The monoisotopic (exact) mass is 399 g/mol. The number of thiazole rings is 1. The van der Waals surface area contributed by atoms with Crippen LogP contribution in [0.5, 0.6) is 0 Å². The number of pyridine rings is 1. The van der Waals surface area contributed by atoms with Crippen molar-refractivity contribution in [3.05, 3.63) is 52.9 Å². The van der Waals surface area contributed by atoms with Crippen LogP contribution in [0.25, 0.3) is 11.5 Å². The van der Waals surface area contributed by atoms with Crippen molar-refractivity contribution in [2.75, 3.05) is 18.5 Å². The number of aliphatic hydroxyl groups excluding tert-OH is 1. The fourth-order valence-electron chi connectivity index (χ4n) is 3.38. The van der Waals surface area contributed by atoms with Gasteiger partial charge in [-0.25, -0.2) is 4.98 Å². The van der Waals surface area contributed by atoms with Gasteiger partial charge in [-0.2, -0.15) is 0 Å². The van der Waals surface area contributed by atoms with E-state index in [1.807, 2.05) is 24.3 Å². The lowest BCUT2D eigenvalue weighted by molar-refractivity contribution is 0.0667. The summed E-state index contributed by atoms with van der Waals surface area (Å²) in [6.45, 7) is 3.71. The fraction of sp³-hybridized carbons (Fsp3) is 0.429. The summed E-state index contributed by atoms with van der Waals surface area (Å²) in [5.74, 6) is 1.35. The van der Waals surface area contributed by atoms with Gasteiger partial charge in [0.15, 0.2) is 17.1 Å². The van der Waals surface area contributed by atoms with E-state index in [0.717, 1.165) is 61.6 Å². The molecule has 1 atom stereocenters. The molecule has 0 aromatic carbocycles. The number of nitrogens with one attached hydrogen (secondary N) is 1. The molecule has 4 rings (SSSR count). The molecular formula is C21H25N3O3S. The Morgan fingerprint density at radius 1 is 1.29 bits per heavy atom. The second kappa shape index (κ2) is 8.86. The van der Waals surface area contributed by atoms with Gasteiger partial charge >= 0.3 is 0 Å². The largest absolute Gasteiger partial charge is 0.463 e. The molecule has 1 fully saturated rings. The quantitative estimate of drug-likeness (QED) is 0.572. The Balaban J connectivity index is 1.53. The molecule has 3 aromatic rings. The zero-order valence-electron chi connectivity index (χ0n) is 15.9. The van der Waals surface area contributed by atoms with Crippen LogP contribution in [0.3, 0.4) is 0 Å². The molecule has 148 valence electrons. The standard InChI is InChI=1S/C21H25N3O3S/c1-2-16-6-5-15(13-22-16)20(25)24-21-23-19(17-4-3-9-27-17)18(28-21)12-14-7-10-26-11-8-14/h3-6,9,13-14,20,25H,2,7-8,10-12H2,1H3,(H,23,24). The number of nitrogens with zero attached hydrogens (tertiary/aromatic N) is 2. The highest BCUT2D eigenvalue weighted by Gasteiger charge is 2.22. The van der Waals surface area contributed by atoms with Crippen LogP contribution in [-0.2, 0) is 17.6 Å². The molecule has 1 aliphatic heterocycles. The molecule has 2 N–H and O–H groups in total. The third kappa shape index (κ3) is 4.43. The van der Waals surface area contributed by atoms with Crippen LogP contribution >= 0.6 is 11.3 Å². The van der Waals surface area contributed by atoms with E-state index in [0.29, 0.717) is 11.0 Å². The summed E-state index contributed by atoms with van der Waals surface area (Å²) in [4.78, 5) is 10.3. The molecular weight excluding hydrogens is 374 g/mol. The number of anilines is 1. The number of furan rings is 1. The van der Waals surface area contributed by atoms with Gasteiger partial charge in [0, 0.05) is 35.5 Å². The van der Waals surface area contributed by atoms with Crippen LogP contribution in [0, 0.1) is 5.92 Å². The molecule has 0 saturated carbocycles.